The second-order valence-corrected chi connectivity index (χ2v) is 6.62. The van der Waals surface area contributed by atoms with Crippen molar-refractivity contribution < 1.29 is 4.74 Å². The summed E-state index contributed by atoms with van der Waals surface area (Å²) in [4.78, 5) is 0. The molecule has 0 bridgehead atoms. The molecule has 0 spiro atoms. The van der Waals surface area contributed by atoms with Gasteiger partial charge in [-0.15, -0.1) is 5.10 Å². The number of hydrogen-bond acceptors (Lipinski definition) is 5. The minimum Gasteiger partial charge on any atom is -0.489 e. The quantitative estimate of drug-likeness (QED) is 0.687. The summed E-state index contributed by atoms with van der Waals surface area (Å²) in [5.74, 6) is 1.91. The van der Waals surface area contributed by atoms with E-state index in [0.717, 1.165) is 17.9 Å². The molecule has 2 atom stereocenters. The first-order valence-corrected chi connectivity index (χ1v) is 8.86. The number of ether oxygens (including phenoxy) is 1. The molecule has 4 rings (SSSR count). The predicted octanol–water partition coefficient (Wildman–Crippen LogP) is 3.28. The molecular weight excluding hydrogens is 324 g/mol. The summed E-state index contributed by atoms with van der Waals surface area (Å²) < 4.78 is 5.85. The highest BCUT2D eigenvalue weighted by Crippen LogP contribution is 2.41. The van der Waals surface area contributed by atoms with Gasteiger partial charge in [0.05, 0.1) is 5.69 Å². The molecule has 0 amide bonds. The fourth-order valence-corrected chi connectivity index (χ4v) is 3.04. The van der Waals surface area contributed by atoms with Crippen LogP contribution < -0.4 is 15.8 Å². The van der Waals surface area contributed by atoms with Crippen molar-refractivity contribution in [3.63, 3.8) is 0 Å². The van der Waals surface area contributed by atoms with E-state index in [-0.39, 0.29) is 0 Å². The molecule has 2 aromatic carbocycles. The Hall–Kier alpha value is -2.92. The Morgan fingerprint density at radius 1 is 0.962 bits per heavy atom. The lowest BCUT2D eigenvalue weighted by molar-refractivity contribution is 0.306. The van der Waals surface area contributed by atoms with Crippen LogP contribution in [0.2, 0.25) is 0 Å². The normalized spacial score (nSPS) is 18.5. The fourth-order valence-electron chi connectivity index (χ4n) is 3.04. The summed E-state index contributed by atoms with van der Waals surface area (Å²) in [7, 11) is 0. The van der Waals surface area contributed by atoms with Gasteiger partial charge in [0, 0.05) is 18.5 Å². The lowest BCUT2D eigenvalue weighted by atomic mass is 10.1. The van der Waals surface area contributed by atoms with Crippen LogP contribution in [0, 0.1) is 0 Å². The van der Waals surface area contributed by atoms with E-state index in [4.69, 9.17) is 10.5 Å². The molecule has 1 heterocycles. The van der Waals surface area contributed by atoms with Crippen LogP contribution in [0.5, 0.6) is 5.75 Å². The molecule has 5 nitrogen and oxygen atoms in total. The van der Waals surface area contributed by atoms with Crippen LogP contribution in [0.4, 0.5) is 5.82 Å². The van der Waals surface area contributed by atoms with Crippen LogP contribution >= 0.6 is 0 Å². The van der Waals surface area contributed by atoms with Crippen molar-refractivity contribution in [2.75, 3.05) is 5.73 Å². The number of rotatable bonds is 7. The molecule has 1 aromatic heterocycles. The first kappa shape index (κ1) is 16.5. The minimum atomic E-state index is 0.452. The summed E-state index contributed by atoms with van der Waals surface area (Å²) in [6, 6.07) is 22.8. The van der Waals surface area contributed by atoms with E-state index in [1.54, 1.807) is 6.07 Å². The molecule has 0 aliphatic heterocycles. The average molecular weight is 346 g/mol. The number of aromatic nitrogens is 2. The van der Waals surface area contributed by atoms with Gasteiger partial charge in [0.1, 0.15) is 18.2 Å². The second-order valence-electron chi connectivity index (χ2n) is 6.62. The summed E-state index contributed by atoms with van der Waals surface area (Å²) in [5, 5.41) is 11.5. The largest absolute Gasteiger partial charge is 0.489 e. The molecule has 1 aliphatic rings. The van der Waals surface area contributed by atoms with Gasteiger partial charge in [0.25, 0.3) is 0 Å². The van der Waals surface area contributed by atoms with E-state index in [1.165, 1.54) is 11.1 Å². The topological polar surface area (TPSA) is 73.1 Å². The number of nitrogen functional groups attached to an aromatic ring is 1. The monoisotopic (exact) mass is 346 g/mol. The van der Waals surface area contributed by atoms with E-state index in [1.807, 2.05) is 24.3 Å². The smallest absolute Gasteiger partial charge is 0.146 e. The van der Waals surface area contributed by atoms with Crippen molar-refractivity contribution in [3.05, 3.63) is 83.6 Å². The molecule has 1 aliphatic carbocycles. The van der Waals surface area contributed by atoms with Gasteiger partial charge in [-0.25, -0.2) is 0 Å². The Kier molecular flexibility index (Phi) is 4.80. The highest BCUT2D eigenvalue weighted by atomic mass is 16.5. The molecule has 0 radical (unpaired) electrons. The second kappa shape index (κ2) is 7.54. The molecule has 5 heteroatoms. The molecule has 3 aromatic rings. The van der Waals surface area contributed by atoms with E-state index < -0.39 is 0 Å². The SMILES string of the molecule is Nc1ccc(CN[C@@H]2C[C@H]2c2ccc(OCc3ccccc3)cc2)nn1. The summed E-state index contributed by atoms with van der Waals surface area (Å²) in [6.07, 6.45) is 1.15. The predicted molar refractivity (Wildman–Crippen MR) is 102 cm³/mol. The zero-order chi connectivity index (χ0) is 17.8. The molecule has 132 valence electrons. The van der Waals surface area contributed by atoms with Gasteiger partial charge in [-0.2, -0.15) is 5.10 Å². The third kappa shape index (κ3) is 4.18. The Bertz CT molecular complexity index is 834. The fraction of sp³-hybridized carbons (Fsp3) is 0.238. The number of nitrogens with two attached hydrogens (primary N) is 1. The average Bonchev–Trinajstić information content (AvgIpc) is 3.47. The van der Waals surface area contributed by atoms with Gasteiger partial charge in [-0.1, -0.05) is 42.5 Å². The minimum absolute atomic E-state index is 0.452. The highest BCUT2D eigenvalue weighted by Gasteiger charge is 2.37. The van der Waals surface area contributed by atoms with Gasteiger partial charge >= 0.3 is 0 Å². The Labute approximate surface area is 153 Å². The number of anilines is 1. The molecule has 0 unspecified atom stereocenters. The Balaban J connectivity index is 1.26. The van der Waals surface area contributed by atoms with Gasteiger partial charge in [-0.05, 0) is 41.8 Å². The maximum Gasteiger partial charge on any atom is 0.146 e. The molecule has 1 fully saturated rings. The molecule has 3 N–H and O–H groups in total. The van der Waals surface area contributed by atoms with Gasteiger partial charge < -0.3 is 15.8 Å². The zero-order valence-electron chi connectivity index (χ0n) is 14.5. The van der Waals surface area contributed by atoms with E-state index in [0.29, 0.717) is 30.9 Å². The van der Waals surface area contributed by atoms with Gasteiger partial charge in [0.15, 0.2) is 0 Å². The summed E-state index contributed by atoms with van der Waals surface area (Å²) in [5.41, 5.74) is 8.99. The van der Waals surface area contributed by atoms with E-state index in [9.17, 15) is 0 Å². The van der Waals surface area contributed by atoms with Gasteiger partial charge in [-0.3, -0.25) is 0 Å². The third-order valence-electron chi connectivity index (χ3n) is 4.63. The standard InChI is InChI=1S/C21H22N4O/c22-21-11-8-17(24-25-21)13-23-20-12-19(20)16-6-9-18(10-7-16)26-14-15-4-2-1-3-5-15/h1-11,19-20,23H,12-14H2,(H2,22,25)/t19-,20+/m0/s1. The molecule has 0 saturated heterocycles. The maximum absolute atomic E-state index is 5.85. The van der Waals surface area contributed by atoms with Crippen molar-refractivity contribution in [1.29, 1.82) is 0 Å². The number of nitrogens with zero attached hydrogens (tertiary/aromatic N) is 2. The van der Waals surface area contributed by atoms with Crippen molar-refractivity contribution in [3.8, 4) is 5.75 Å². The highest BCUT2D eigenvalue weighted by molar-refractivity contribution is 5.34. The Morgan fingerprint density at radius 2 is 1.77 bits per heavy atom. The lowest BCUT2D eigenvalue weighted by Gasteiger charge is -2.08. The number of hydrogen-bond donors (Lipinski definition) is 2. The van der Waals surface area contributed by atoms with Crippen molar-refractivity contribution in [2.24, 2.45) is 0 Å². The van der Waals surface area contributed by atoms with Crippen LogP contribution in [-0.2, 0) is 13.2 Å². The summed E-state index contributed by atoms with van der Waals surface area (Å²) >= 11 is 0. The van der Waals surface area contributed by atoms with Crippen LogP contribution in [0.1, 0.15) is 29.2 Å². The zero-order valence-corrected chi connectivity index (χ0v) is 14.5. The van der Waals surface area contributed by atoms with Crippen molar-refractivity contribution in [1.82, 2.24) is 15.5 Å². The van der Waals surface area contributed by atoms with Gasteiger partial charge in [0.2, 0.25) is 0 Å². The van der Waals surface area contributed by atoms with Crippen LogP contribution in [0.15, 0.2) is 66.7 Å². The van der Waals surface area contributed by atoms with E-state index >= 15 is 0 Å². The maximum atomic E-state index is 5.85. The molecule has 26 heavy (non-hydrogen) atoms. The molecule has 1 saturated carbocycles. The first-order chi connectivity index (χ1) is 12.8. The van der Waals surface area contributed by atoms with Crippen LogP contribution in [-0.4, -0.2) is 16.2 Å². The number of nitrogens with one attached hydrogen (secondary N) is 1. The molecular formula is C21H22N4O. The van der Waals surface area contributed by atoms with Crippen LogP contribution in [0.25, 0.3) is 0 Å². The van der Waals surface area contributed by atoms with E-state index in [2.05, 4.69) is 51.9 Å². The number of benzene rings is 2. The van der Waals surface area contributed by atoms with Crippen molar-refractivity contribution in [2.45, 2.75) is 31.5 Å². The lowest BCUT2D eigenvalue weighted by Crippen LogP contribution is -2.18. The third-order valence-corrected chi connectivity index (χ3v) is 4.63. The summed E-state index contributed by atoms with van der Waals surface area (Å²) in [6.45, 7) is 1.31. The first-order valence-electron chi connectivity index (χ1n) is 8.86. The van der Waals surface area contributed by atoms with Crippen molar-refractivity contribution >= 4 is 5.82 Å². The Morgan fingerprint density at radius 3 is 2.50 bits per heavy atom. The van der Waals surface area contributed by atoms with Crippen LogP contribution in [0.3, 0.4) is 0 Å².